The summed E-state index contributed by atoms with van der Waals surface area (Å²) in [5, 5.41) is 6.11. The fraction of sp³-hybridized carbons (Fsp3) is 0.190. The van der Waals surface area contributed by atoms with Crippen molar-refractivity contribution in [2.75, 3.05) is 10.6 Å². The number of hydrogen-bond acceptors (Lipinski definition) is 4. The van der Waals surface area contributed by atoms with Crippen LogP contribution < -0.4 is 10.6 Å². The number of benzene rings is 2. The minimum Gasteiger partial charge on any atom is -0.350 e. The summed E-state index contributed by atoms with van der Waals surface area (Å²) in [5.74, 6) is 0.184. The normalized spacial score (nSPS) is 10.4. The van der Waals surface area contributed by atoms with Gasteiger partial charge in [-0.2, -0.15) is 0 Å². The van der Waals surface area contributed by atoms with Gasteiger partial charge in [-0.05, 0) is 43.5 Å². The highest BCUT2D eigenvalue weighted by Gasteiger charge is 2.12. The quantitative estimate of drug-likeness (QED) is 0.724. The van der Waals surface area contributed by atoms with E-state index in [9.17, 15) is 4.79 Å². The van der Waals surface area contributed by atoms with E-state index in [1.807, 2.05) is 44.2 Å². The highest BCUT2D eigenvalue weighted by Crippen LogP contribution is 2.20. The van der Waals surface area contributed by atoms with Crippen LogP contribution in [0, 0.1) is 20.8 Å². The van der Waals surface area contributed by atoms with Gasteiger partial charge in [-0.25, -0.2) is 9.97 Å². The highest BCUT2D eigenvalue weighted by molar-refractivity contribution is 6.03. The molecule has 0 aliphatic heterocycles. The Labute approximate surface area is 153 Å². The molecule has 26 heavy (non-hydrogen) atoms. The molecule has 3 rings (SSSR count). The number of rotatable bonds is 5. The number of nitrogens with zero attached hydrogens (tertiary/aromatic N) is 2. The SMILES string of the molecule is Cc1cccc(CNc2nccc(C(=O)Nc3c(C)cccc3C)n2)c1. The van der Waals surface area contributed by atoms with Gasteiger partial charge in [0, 0.05) is 18.4 Å². The van der Waals surface area contributed by atoms with Crippen LogP contribution in [0.3, 0.4) is 0 Å². The number of anilines is 2. The van der Waals surface area contributed by atoms with Crippen LogP contribution >= 0.6 is 0 Å². The molecule has 0 radical (unpaired) electrons. The molecule has 132 valence electrons. The maximum Gasteiger partial charge on any atom is 0.274 e. The number of carbonyl (C=O) groups is 1. The van der Waals surface area contributed by atoms with Crippen LogP contribution in [0.15, 0.2) is 54.7 Å². The third kappa shape index (κ3) is 4.25. The molecule has 0 saturated heterocycles. The summed E-state index contributed by atoms with van der Waals surface area (Å²) in [7, 11) is 0. The molecule has 0 aliphatic carbocycles. The molecular formula is C21H22N4O. The van der Waals surface area contributed by atoms with Crippen molar-refractivity contribution in [2.24, 2.45) is 0 Å². The summed E-state index contributed by atoms with van der Waals surface area (Å²) in [5.41, 5.74) is 5.53. The van der Waals surface area contributed by atoms with Gasteiger partial charge in [-0.15, -0.1) is 0 Å². The lowest BCUT2D eigenvalue weighted by Gasteiger charge is -2.11. The third-order valence-corrected chi connectivity index (χ3v) is 4.14. The molecule has 5 nitrogen and oxygen atoms in total. The zero-order valence-corrected chi connectivity index (χ0v) is 15.2. The Morgan fingerprint density at radius 2 is 1.73 bits per heavy atom. The van der Waals surface area contributed by atoms with Crippen LogP contribution in [0.1, 0.15) is 32.7 Å². The Morgan fingerprint density at radius 3 is 2.46 bits per heavy atom. The van der Waals surface area contributed by atoms with Crippen LogP contribution in [0.2, 0.25) is 0 Å². The molecule has 3 aromatic rings. The maximum atomic E-state index is 12.6. The zero-order valence-electron chi connectivity index (χ0n) is 15.2. The number of nitrogens with one attached hydrogen (secondary N) is 2. The molecule has 1 heterocycles. The van der Waals surface area contributed by atoms with E-state index in [1.54, 1.807) is 12.3 Å². The molecule has 5 heteroatoms. The van der Waals surface area contributed by atoms with E-state index in [4.69, 9.17) is 0 Å². The fourth-order valence-corrected chi connectivity index (χ4v) is 2.76. The van der Waals surface area contributed by atoms with E-state index in [2.05, 4.69) is 39.7 Å². The topological polar surface area (TPSA) is 66.9 Å². The van der Waals surface area contributed by atoms with E-state index in [1.165, 1.54) is 5.56 Å². The van der Waals surface area contributed by atoms with Gasteiger partial charge in [0.1, 0.15) is 5.69 Å². The lowest BCUT2D eigenvalue weighted by Crippen LogP contribution is -2.16. The fourth-order valence-electron chi connectivity index (χ4n) is 2.76. The van der Waals surface area contributed by atoms with Crippen LogP contribution in [0.25, 0.3) is 0 Å². The van der Waals surface area contributed by atoms with Crippen molar-refractivity contribution in [3.63, 3.8) is 0 Å². The largest absolute Gasteiger partial charge is 0.350 e. The first-order valence-corrected chi connectivity index (χ1v) is 8.53. The Balaban J connectivity index is 1.71. The molecule has 0 saturated carbocycles. The number of amides is 1. The van der Waals surface area contributed by atoms with Crippen LogP contribution in [0.5, 0.6) is 0 Å². The Bertz CT molecular complexity index is 917. The second kappa shape index (κ2) is 7.78. The van der Waals surface area contributed by atoms with Gasteiger partial charge < -0.3 is 10.6 Å². The first-order chi connectivity index (χ1) is 12.5. The minimum atomic E-state index is -0.247. The Morgan fingerprint density at radius 1 is 1.00 bits per heavy atom. The van der Waals surface area contributed by atoms with Gasteiger partial charge in [0.2, 0.25) is 5.95 Å². The second-order valence-corrected chi connectivity index (χ2v) is 6.33. The predicted octanol–water partition coefficient (Wildman–Crippen LogP) is 4.27. The molecule has 1 aromatic heterocycles. The number of aryl methyl sites for hydroxylation is 3. The van der Waals surface area contributed by atoms with Crippen molar-refractivity contribution in [1.29, 1.82) is 0 Å². The molecule has 1 amide bonds. The van der Waals surface area contributed by atoms with Crippen molar-refractivity contribution in [3.8, 4) is 0 Å². The summed E-state index contributed by atoms with van der Waals surface area (Å²) in [4.78, 5) is 21.1. The first kappa shape index (κ1) is 17.6. The summed E-state index contributed by atoms with van der Waals surface area (Å²) >= 11 is 0. The molecular weight excluding hydrogens is 324 g/mol. The molecule has 0 bridgehead atoms. The van der Waals surface area contributed by atoms with Gasteiger partial charge in [0.15, 0.2) is 0 Å². The zero-order chi connectivity index (χ0) is 18.5. The molecule has 0 unspecified atom stereocenters. The Kier molecular flexibility index (Phi) is 5.27. The van der Waals surface area contributed by atoms with E-state index >= 15 is 0 Å². The van der Waals surface area contributed by atoms with Gasteiger partial charge in [-0.3, -0.25) is 4.79 Å². The van der Waals surface area contributed by atoms with Crippen molar-refractivity contribution in [1.82, 2.24) is 9.97 Å². The summed E-state index contributed by atoms with van der Waals surface area (Å²) < 4.78 is 0. The van der Waals surface area contributed by atoms with Crippen molar-refractivity contribution in [2.45, 2.75) is 27.3 Å². The van der Waals surface area contributed by atoms with E-state index in [0.717, 1.165) is 22.4 Å². The van der Waals surface area contributed by atoms with Crippen molar-refractivity contribution in [3.05, 3.63) is 82.7 Å². The Hall–Kier alpha value is -3.21. The number of aromatic nitrogens is 2. The monoisotopic (exact) mass is 346 g/mol. The van der Waals surface area contributed by atoms with Gasteiger partial charge in [-0.1, -0.05) is 48.0 Å². The predicted molar refractivity (Wildman–Crippen MR) is 104 cm³/mol. The molecule has 0 atom stereocenters. The number of hydrogen-bond donors (Lipinski definition) is 2. The third-order valence-electron chi connectivity index (χ3n) is 4.14. The average molecular weight is 346 g/mol. The number of carbonyl (C=O) groups excluding carboxylic acids is 1. The van der Waals surface area contributed by atoms with Gasteiger partial charge in [0.25, 0.3) is 5.91 Å². The summed E-state index contributed by atoms with van der Waals surface area (Å²) in [6, 6.07) is 15.7. The average Bonchev–Trinajstić information content (AvgIpc) is 2.63. The second-order valence-electron chi connectivity index (χ2n) is 6.33. The number of para-hydroxylation sites is 1. The van der Waals surface area contributed by atoms with Crippen LogP contribution in [-0.4, -0.2) is 15.9 Å². The van der Waals surface area contributed by atoms with Gasteiger partial charge in [0.05, 0.1) is 0 Å². The molecule has 2 N–H and O–H groups in total. The lowest BCUT2D eigenvalue weighted by atomic mass is 10.1. The standard InChI is InChI=1S/C21H22N4O/c1-14-6-4-9-17(12-14)13-23-21-22-11-10-18(24-21)20(26)25-19-15(2)7-5-8-16(19)3/h4-12H,13H2,1-3H3,(H,25,26)(H,22,23,24). The first-order valence-electron chi connectivity index (χ1n) is 8.53. The van der Waals surface area contributed by atoms with Gasteiger partial charge >= 0.3 is 0 Å². The van der Waals surface area contributed by atoms with Crippen LogP contribution in [-0.2, 0) is 6.54 Å². The molecule has 0 fully saturated rings. The van der Waals surface area contributed by atoms with Crippen molar-refractivity contribution >= 4 is 17.5 Å². The minimum absolute atomic E-state index is 0.247. The highest BCUT2D eigenvalue weighted by atomic mass is 16.1. The molecule has 0 spiro atoms. The molecule has 0 aliphatic rings. The maximum absolute atomic E-state index is 12.6. The lowest BCUT2D eigenvalue weighted by molar-refractivity contribution is 0.102. The van der Waals surface area contributed by atoms with Crippen molar-refractivity contribution < 1.29 is 4.79 Å². The van der Waals surface area contributed by atoms with E-state index in [-0.39, 0.29) is 5.91 Å². The summed E-state index contributed by atoms with van der Waals surface area (Å²) in [6.07, 6.45) is 1.59. The van der Waals surface area contributed by atoms with E-state index < -0.39 is 0 Å². The molecule has 2 aromatic carbocycles. The van der Waals surface area contributed by atoms with Crippen LogP contribution in [0.4, 0.5) is 11.6 Å². The summed E-state index contributed by atoms with van der Waals surface area (Å²) in [6.45, 7) is 6.59. The van der Waals surface area contributed by atoms with E-state index in [0.29, 0.717) is 18.2 Å². The smallest absolute Gasteiger partial charge is 0.274 e.